The monoisotopic (exact) mass is 312 g/mol. The fourth-order valence-electron chi connectivity index (χ4n) is 1.58. The van der Waals surface area contributed by atoms with Gasteiger partial charge in [-0.1, -0.05) is 43.6 Å². The van der Waals surface area contributed by atoms with Gasteiger partial charge in [-0.2, -0.15) is 0 Å². The van der Waals surface area contributed by atoms with Crippen LogP contribution in [-0.4, -0.2) is 11.9 Å². The van der Waals surface area contributed by atoms with Crippen molar-refractivity contribution in [3.8, 4) is 0 Å². The average molecular weight is 313 g/mol. The maximum atomic E-state index is 12.1. The lowest BCUT2D eigenvalue weighted by atomic mass is 9.87. The summed E-state index contributed by atoms with van der Waals surface area (Å²) in [7, 11) is 0. The topological polar surface area (TPSA) is 55.1 Å². The predicted octanol–water partition coefficient (Wildman–Crippen LogP) is 3.32. The van der Waals surface area contributed by atoms with Gasteiger partial charge in [0, 0.05) is 10.2 Å². The van der Waals surface area contributed by atoms with Gasteiger partial charge in [0.1, 0.15) is 0 Å². The lowest BCUT2D eigenvalue weighted by Gasteiger charge is -2.26. The summed E-state index contributed by atoms with van der Waals surface area (Å²) in [6, 6.07) is 5.30. The molecule has 0 fully saturated rings. The number of nitrogens with two attached hydrogens (primary N) is 1. The smallest absolute Gasteiger partial charge is 0.241 e. The van der Waals surface area contributed by atoms with Crippen LogP contribution in [0.1, 0.15) is 33.3 Å². The van der Waals surface area contributed by atoms with Gasteiger partial charge in [-0.3, -0.25) is 4.79 Å². The molecule has 0 aliphatic heterocycles. The minimum Gasteiger partial charge on any atom is -0.324 e. The molecule has 100 valence electrons. The van der Waals surface area contributed by atoms with E-state index in [1.54, 1.807) is 0 Å². The normalized spacial score (nSPS) is 13.2. The van der Waals surface area contributed by atoms with E-state index < -0.39 is 6.04 Å². The molecule has 4 heteroatoms. The fraction of sp³-hybridized carbons (Fsp3) is 0.500. The van der Waals surface area contributed by atoms with Crippen LogP contribution in [-0.2, 0) is 11.2 Å². The molecule has 18 heavy (non-hydrogen) atoms. The van der Waals surface area contributed by atoms with Crippen LogP contribution in [0.15, 0.2) is 22.7 Å². The van der Waals surface area contributed by atoms with Crippen LogP contribution in [0, 0.1) is 5.41 Å². The van der Waals surface area contributed by atoms with Gasteiger partial charge in [0.2, 0.25) is 5.91 Å². The van der Waals surface area contributed by atoms with E-state index in [9.17, 15) is 4.79 Å². The van der Waals surface area contributed by atoms with Gasteiger partial charge >= 0.3 is 0 Å². The van der Waals surface area contributed by atoms with Gasteiger partial charge in [0.25, 0.3) is 0 Å². The number of hydrogen-bond donors (Lipinski definition) is 2. The highest BCUT2D eigenvalue weighted by Crippen LogP contribution is 2.23. The number of aryl methyl sites for hydroxylation is 1. The third kappa shape index (κ3) is 3.82. The van der Waals surface area contributed by atoms with Crippen molar-refractivity contribution in [1.82, 2.24) is 0 Å². The Labute approximate surface area is 117 Å². The summed E-state index contributed by atoms with van der Waals surface area (Å²) in [5.74, 6) is -0.139. The molecule has 0 aliphatic rings. The molecule has 1 amide bonds. The van der Waals surface area contributed by atoms with Crippen molar-refractivity contribution < 1.29 is 4.79 Å². The van der Waals surface area contributed by atoms with Crippen LogP contribution < -0.4 is 11.1 Å². The molecular weight excluding hydrogens is 292 g/mol. The summed E-state index contributed by atoms with van der Waals surface area (Å²) in [5, 5.41) is 2.91. The van der Waals surface area contributed by atoms with E-state index >= 15 is 0 Å². The third-order valence-electron chi connectivity index (χ3n) is 2.92. The molecule has 0 bridgehead atoms. The van der Waals surface area contributed by atoms with Crippen molar-refractivity contribution in [3.63, 3.8) is 0 Å². The Kier molecular flexibility index (Phi) is 4.93. The molecule has 1 aromatic carbocycles. The zero-order chi connectivity index (χ0) is 13.9. The molecule has 0 unspecified atom stereocenters. The van der Waals surface area contributed by atoms with E-state index in [4.69, 9.17) is 5.73 Å². The number of halogens is 1. The molecule has 0 saturated heterocycles. The molecule has 3 nitrogen and oxygen atoms in total. The van der Waals surface area contributed by atoms with E-state index in [1.165, 1.54) is 0 Å². The SMILES string of the molecule is CCc1cc(Br)ccc1NC(=O)[C@H](N)C(C)(C)C. The van der Waals surface area contributed by atoms with Crippen molar-refractivity contribution in [1.29, 1.82) is 0 Å². The van der Waals surface area contributed by atoms with Crippen LogP contribution in [0.2, 0.25) is 0 Å². The molecule has 0 heterocycles. The Morgan fingerprint density at radius 1 is 1.44 bits per heavy atom. The number of rotatable bonds is 3. The summed E-state index contributed by atoms with van der Waals surface area (Å²) in [6.45, 7) is 7.93. The first-order chi connectivity index (χ1) is 8.25. The van der Waals surface area contributed by atoms with E-state index in [0.29, 0.717) is 0 Å². The molecule has 1 aromatic rings. The number of nitrogens with one attached hydrogen (secondary N) is 1. The van der Waals surface area contributed by atoms with Gasteiger partial charge in [-0.25, -0.2) is 0 Å². The van der Waals surface area contributed by atoms with Gasteiger partial charge in [-0.15, -0.1) is 0 Å². The van der Waals surface area contributed by atoms with Gasteiger partial charge in [0.05, 0.1) is 6.04 Å². The van der Waals surface area contributed by atoms with Gasteiger partial charge < -0.3 is 11.1 Å². The molecule has 1 atom stereocenters. The summed E-state index contributed by atoms with van der Waals surface area (Å²) >= 11 is 3.43. The van der Waals surface area contributed by atoms with Crippen molar-refractivity contribution in [3.05, 3.63) is 28.2 Å². The van der Waals surface area contributed by atoms with E-state index in [2.05, 4.69) is 28.2 Å². The summed E-state index contributed by atoms with van der Waals surface area (Å²) in [6.07, 6.45) is 0.861. The number of amides is 1. The Bertz CT molecular complexity index is 438. The molecule has 1 rings (SSSR count). The second-order valence-corrected chi connectivity index (χ2v) is 6.40. The minimum absolute atomic E-state index is 0.139. The molecule has 0 saturated carbocycles. The average Bonchev–Trinajstić information content (AvgIpc) is 2.29. The molecule has 0 aliphatic carbocycles. The Hall–Kier alpha value is -0.870. The van der Waals surface area contributed by atoms with Gasteiger partial charge in [-0.05, 0) is 35.6 Å². The third-order valence-corrected chi connectivity index (χ3v) is 3.41. The molecule has 3 N–H and O–H groups in total. The summed E-state index contributed by atoms with van der Waals surface area (Å²) in [4.78, 5) is 12.1. The largest absolute Gasteiger partial charge is 0.324 e. The highest BCUT2D eigenvalue weighted by Gasteiger charge is 2.27. The number of benzene rings is 1. The number of carbonyl (C=O) groups is 1. The van der Waals surface area contributed by atoms with Crippen molar-refractivity contribution >= 4 is 27.5 Å². The fourth-order valence-corrected chi connectivity index (χ4v) is 1.99. The molecule has 0 aromatic heterocycles. The first-order valence-electron chi connectivity index (χ1n) is 6.10. The molecule has 0 spiro atoms. The van der Waals surface area contributed by atoms with Crippen LogP contribution in [0.5, 0.6) is 0 Å². The highest BCUT2D eigenvalue weighted by molar-refractivity contribution is 9.10. The zero-order valence-electron chi connectivity index (χ0n) is 11.4. The second kappa shape index (κ2) is 5.85. The zero-order valence-corrected chi connectivity index (χ0v) is 13.0. The maximum absolute atomic E-state index is 12.1. The standard InChI is InChI=1S/C14H21BrN2O/c1-5-9-8-10(15)6-7-11(9)17-13(18)12(16)14(2,3)4/h6-8,12H,5,16H2,1-4H3,(H,17,18)/t12-/m0/s1. The highest BCUT2D eigenvalue weighted by atomic mass is 79.9. The molecule has 0 radical (unpaired) electrons. The summed E-state index contributed by atoms with van der Waals surface area (Å²) < 4.78 is 1.01. The van der Waals surface area contributed by atoms with E-state index in [0.717, 1.165) is 22.1 Å². The second-order valence-electron chi connectivity index (χ2n) is 5.49. The lowest BCUT2D eigenvalue weighted by Crippen LogP contribution is -2.45. The van der Waals surface area contributed by atoms with Crippen LogP contribution in [0.4, 0.5) is 5.69 Å². The first kappa shape index (κ1) is 15.2. The van der Waals surface area contributed by atoms with E-state index in [1.807, 2.05) is 39.0 Å². The number of hydrogen-bond acceptors (Lipinski definition) is 2. The van der Waals surface area contributed by atoms with E-state index in [-0.39, 0.29) is 11.3 Å². The number of carbonyl (C=O) groups excluding carboxylic acids is 1. The van der Waals surface area contributed by atoms with Crippen molar-refractivity contribution in [2.24, 2.45) is 11.1 Å². The summed E-state index contributed by atoms with van der Waals surface area (Å²) in [5.41, 5.74) is 7.63. The van der Waals surface area contributed by atoms with Crippen molar-refractivity contribution in [2.75, 3.05) is 5.32 Å². The Morgan fingerprint density at radius 2 is 2.06 bits per heavy atom. The van der Waals surface area contributed by atoms with Crippen LogP contribution >= 0.6 is 15.9 Å². The Morgan fingerprint density at radius 3 is 2.56 bits per heavy atom. The maximum Gasteiger partial charge on any atom is 0.241 e. The lowest BCUT2D eigenvalue weighted by molar-refractivity contribution is -0.119. The predicted molar refractivity (Wildman–Crippen MR) is 79.6 cm³/mol. The minimum atomic E-state index is -0.522. The molecular formula is C14H21BrN2O. The quantitative estimate of drug-likeness (QED) is 0.899. The first-order valence-corrected chi connectivity index (χ1v) is 6.90. The van der Waals surface area contributed by atoms with Crippen LogP contribution in [0.3, 0.4) is 0 Å². The van der Waals surface area contributed by atoms with Gasteiger partial charge in [0.15, 0.2) is 0 Å². The van der Waals surface area contributed by atoms with Crippen molar-refractivity contribution in [2.45, 2.75) is 40.2 Å². The Balaban J connectivity index is 2.88. The van der Waals surface area contributed by atoms with Crippen LogP contribution in [0.25, 0.3) is 0 Å². The number of anilines is 1.